The molecule has 0 saturated carbocycles. The molecule has 1 atom stereocenters. The smallest absolute Gasteiger partial charge is 0.230 e. The number of hydrogen-bond acceptors (Lipinski definition) is 6. The van der Waals surface area contributed by atoms with Crippen molar-refractivity contribution in [1.29, 1.82) is 0 Å². The van der Waals surface area contributed by atoms with Gasteiger partial charge in [-0.25, -0.2) is 4.98 Å². The van der Waals surface area contributed by atoms with Crippen LogP contribution in [-0.4, -0.2) is 33.2 Å². The molecule has 1 fully saturated rings. The van der Waals surface area contributed by atoms with Gasteiger partial charge in [0.2, 0.25) is 11.8 Å². The highest BCUT2D eigenvalue weighted by Crippen LogP contribution is 2.29. The molecule has 3 heterocycles. The molecule has 1 aromatic carbocycles. The molecule has 3 aromatic rings. The van der Waals surface area contributed by atoms with Crippen molar-refractivity contribution in [3.05, 3.63) is 41.9 Å². The Balaban J connectivity index is 1.50. The van der Waals surface area contributed by atoms with E-state index in [2.05, 4.69) is 20.1 Å². The molecule has 0 aliphatic carbocycles. The lowest BCUT2D eigenvalue weighted by Crippen LogP contribution is -2.34. The van der Waals surface area contributed by atoms with Crippen LogP contribution in [0.3, 0.4) is 0 Å². The average molecular weight is 298 g/mol. The van der Waals surface area contributed by atoms with E-state index in [1.54, 1.807) is 0 Å². The maximum atomic E-state index is 5.92. The van der Waals surface area contributed by atoms with Gasteiger partial charge in [-0.15, -0.1) is 10.2 Å². The molecule has 0 N–H and O–H groups in total. The van der Waals surface area contributed by atoms with Crippen molar-refractivity contribution in [2.24, 2.45) is 0 Å². The molecule has 1 unspecified atom stereocenters. The highest BCUT2D eigenvalue weighted by molar-refractivity contribution is 5.72. The van der Waals surface area contributed by atoms with Gasteiger partial charge in [0, 0.05) is 19.4 Å². The molecule has 4 rings (SSSR count). The molecule has 1 aliphatic rings. The summed E-state index contributed by atoms with van der Waals surface area (Å²) >= 11 is 0. The van der Waals surface area contributed by atoms with Crippen LogP contribution in [0, 0.1) is 6.92 Å². The Morgan fingerprint density at radius 1 is 1.23 bits per heavy atom. The molecule has 1 aliphatic heterocycles. The lowest BCUT2D eigenvalue weighted by atomic mass is 9.98. The lowest BCUT2D eigenvalue weighted by molar-refractivity contribution is 0.172. The zero-order valence-electron chi connectivity index (χ0n) is 12.5. The SMILES string of the molecule is Cc1nnc(CN2CCCC(c3nc4ccccc4o3)C2)o1. The van der Waals surface area contributed by atoms with Gasteiger partial charge in [-0.1, -0.05) is 12.1 Å². The second kappa shape index (κ2) is 5.53. The van der Waals surface area contributed by atoms with Crippen LogP contribution < -0.4 is 0 Å². The summed E-state index contributed by atoms with van der Waals surface area (Å²) in [6.07, 6.45) is 2.22. The van der Waals surface area contributed by atoms with Crippen LogP contribution in [-0.2, 0) is 6.54 Å². The largest absolute Gasteiger partial charge is 0.440 e. The van der Waals surface area contributed by atoms with Crippen molar-refractivity contribution in [2.75, 3.05) is 13.1 Å². The molecule has 0 amide bonds. The Morgan fingerprint density at radius 3 is 2.95 bits per heavy atom. The minimum Gasteiger partial charge on any atom is -0.440 e. The first-order chi connectivity index (χ1) is 10.8. The standard InChI is InChI=1S/C16H18N4O2/c1-11-18-19-15(21-11)10-20-8-4-5-12(9-20)16-17-13-6-2-3-7-14(13)22-16/h2-3,6-7,12H,4-5,8-10H2,1H3. The fourth-order valence-electron chi connectivity index (χ4n) is 3.06. The Bertz CT molecular complexity index is 746. The quantitative estimate of drug-likeness (QED) is 0.740. The van der Waals surface area contributed by atoms with Crippen molar-refractivity contribution in [1.82, 2.24) is 20.1 Å². The first-order valence-electron chi connectivity index (χ1n) is 7.65. The van der Waals surface area contributed by atoms with Gasteiger partial charge < -0.3 is 8.83 Å². The van der Waals surface area contributed by atoms with Gasteiger partial charge in [0.05, 0.1) is 6.54 Å². The topological polar surface area (TPSA) is 68.2 Å². The fraction of sp³-hybridized carbons (Fsp3) is 0.438. The highest BCUT2D eigenvalue weighted by Gasteiger charge is 2.26. The minimum atomic E-state index is 0.324. The summed E-state index contributed by atoms with van der Waals surface area (Å²) in [5.74, 6) is 2.45. The van der Waals surface area contributed by atoms with Gasteiger partial charge in [-0.05, 0) is 31.5 Å². The first kappa shape index (κ1) is 13.5. The molecule has 0 radical (unpaired) electrons. The van der Waals surface area contributed by atoms with Gasteiger partial charge in [0.25, 0.3) is 0 Å². The van der Waals surface area contributed by atoms with Gasteiger partial charge in [-0.2, -0.15) is 0 Å². The second-order valence-corrected chi connectivity index (χ2v) is 5.81. The molecule has 114 valence electrons. The molecule has 22 heavy (non-hydrogen) atoms. The number of piperidine rings is 1. The number of likely N-dealkylation sites (tertiary alicyclic amines) is 1. The van der Waals surface area contributed by atoms with Crippen molar-refractivity contribution in [3.63, 3.8) is 0 Å². The fourth-order valence-corrected chi connectivity index (χ4v) is 3.06. The van der Waals surface area contributed by atoms with Crippen molar-refractivity contribution in [3.8, 4) is 0 Å². The van der Waals surface area contributed by atoms with E-state index in [1.807, 2.05) is 31.2 Å². The van der Waals surface area contributed by atoms with E-state index in [-0.39, 0.29) is 0 Å². The van der Waals surface area contributed by atoms with E-state index in [4.69, 9.17) is 8.83 Å². The zero-order chi connectivity index (χ0) is 14.9. The molecular formula is C16H18N4O2. The third-order valence-electron chi connectivity index (χ3n) is 4.09. The van der Waals surface area contributed by atoms with E-state index in [1.165, 1.54) is 0 Å². The molecule has 6 nitrogen and oxygen atoms in total. The average Bonchev–Trinajstić information content (AvgIpc) is 3.13. The first-order valence-corrected chi connectivity index (χ1v) is 7.65. The van der Waals surface area contributed by atoms with Crippen molar-refractivity contribution in [2.45, 2.75) is 32.2 Å². The van der Waals surface area contributed by atoms with Crippen molar-refractivity contribution < 1.29 is 8.83 Å². The van der Waals surface area contributed by atoms with Crippen LogP contribution in [0.25, 0.3) is 11.1 Å². The maximum absolute atomic E-state index is 5.92. The van der Waals surface area contributed by atoms with E-state index in [9.17, 15) is 0 Å². The van der Waals surface area contributed by atoms with Gasteiger partial charge in [-0.3, -0.25) is 4.90 Å². The van der Waals surface area contributed by atoms with Crippen LogP contribution in [0.4, 0.5) is 0 Å². The van der Waals surface area contributed by atoms with Gasteiger partial charge in [0.1, 0.15) is 5.52 Å². The molecule has 1 saturated heterocycles. The number of benzene rings is 1. The highest BCUT2D eigenvalue weighted by atomic mass is 16.4. The summed E-state index contributed by atoms with van der Waals surface area (Å²) in [5, 5.41) is 7.96. The van der Waals surface area contributed by atoms with Crippen LogP contribution >= 0.6 is 0 Å². The van der Waals surface area contributed by atoms with E-state index >= 15 is 0 Å². The molecule has 0 bridgehead atoms. The van der Waals surface area contributed by atoms with Gasteiger partial charge in [0.15, 0.2) is 11.5 Å². The van der Waals surface area contributed by atoms with Crippen LogP contribution in [0.2, 0.25) is 0 Å². The monoisotopic (exact) mass is 298 g/mol. The summed E-state index contributed by atoms with van der Waals surface area (Å²) < 4.78 is 11.4. The van der Waals surface area contributed by atoms with Crippen molar-refractivity contribution >= 4 is 11.1 Å². The Labute approximate surface area is 128 Å². The van der Waals surface area contributed by atoms with Gasteiger partial charge >= 0.3 is 0 Å². The van der Waals surface area contributed by atoms with Crippen LogP contribution in [0.1, 0.15) is 36.4 Å². The molecule has 2 aromatic heterocycles. The second-order valence-electron chi connectivity index (χ2n) is 5.81. The third kappa shape index (κ3) is 2.62. The molecule has 6 heteroatoms. The number of nitrogens with zero attached hydrogens (tertiary/aromatic N) is 4. The number of aryl methyl sites for hydroxylation is 1. The minimum absolute atomic E-state index is 0.324. The Hall–Kier alpha value is -2.21. The Kier molecular flexibility index (Phi) is 3.38. The summed E-state index contributed by atoms with van der Waals surface area (Å²) in [5.41, 5.74) is 1.80. The lowest BCUT2D eigenvalue weighted by Gasteiger charge is -2.29. The van der Waals surface area contributed by atoms with E-state index < -0.39 is 0 Å². The molecule has 0 spiro atoms. The maximum Gasteiger partial charge on any atom is 0.230 e. The predicted molar refractivity (Wildman–Crippen MR) is 80.3 cm³/mol. The van der Waals surface area contributed by atoms with Crippen LogP contribution in [0.15, 0.2) is 33.1 Å². The number of aromatic nitrogens is 3. The zero-order valence-corrected chi connectivity index (χ0v) is 12.5. The van der Waals surface area contributed by atoms with Crippen LogP contribution in [0.5, 0.6) is 0 Å². The predicted octanol–water partition coefficient (Wildman–Crippen LogP) is 2.90. The van der Waals surface area contributed by atoms with E-state index in [0.717, 1.165) is 42.9 Å². The number of hydrogen-bond donors (Lipinski definition) is 0. The number of oxazole rings is 1. The Morgan fingerprint density at radius 2 is 2.14 bits per heavy atom. The summed E-state index contributed by atoms with van der Waals surface area (Å²) in [4.78, 5) is 6.97. The van der Waals surface area contributed by atoms with E-state index in [0.29, 0.717) is 24.2 Å². The number of para-hydroxylation sites is 2. The summed E-state index contributed by atoms with van der Waals surface area (Å²) in [6.45, 7) is 4.46. The number of rotatable bonds is 3. The summed E-state index contributed by atoms with van der Waals surface area (Å²) in [7, 11) is 0. The normalized spacial score (nSPS) is 19.8. The number of fused-ring (bicyclic) bond motifs is 1. The third-order valence-corrected chi connectivity index (χ3v) is 4.09. The molecular weight excluding hydrogens is 280 g/mol. The summed E-state index contributed by atoms with van der Waals surface area (Å²) in [6, 6.07) is 7.92.